The van der Waals surface area contributed by atoms with Gasteiger partial charge in [0, 0.05) is 32.5 Å². The van der Waals surface area contributed by atoms with Crippen molar-refractivity contribution in [3.8, 4) is 0 Å². The lowest BCUT2D eigenvalue weighted by Gasteiger charge is -2.13. The Labute approximate surface area is 125 Å². The molecule has 3 N–H and O–H groups in total. The van der Waals surface area contributed by atoms with Crippen LogP contribution in [0.25, 0.3) is 0 Å². The number of amides is 1. The fourth-order valence-electron chi connectivity index (χ4n) is 2.23. The maximum absolute atomic E-state index is 11.9. The van der Waals surface area contributed by atoms with Gasteiger partial charge in [-0.2, -0.15) is 0 Å². The van der Waals surface area contributed by atoms with Gasteiger partial charge in [0.15, 0.2) is 0 Å². The summed E-state index contributed by atoms with van der Waals surface area (Å²) < 4.78 is 0. The second-order valence-corrected chi connectivity index (χ2v) is 5.12. The fraction of sp³-hybridized carbons (Fsp3) is 0.600. The summed E-state index contributed by atoms with van der Waals surface area (Å²) in [5.41, 5.74) is 1.79. The number of hydrogen-bond donors (Lipinski definition) is 3. The number of oxime groups is 1. The monoisotopic (exact) mass is 292 g/mol. The van der Waals surface area contributed by atoms with Crippen molar-refractivity contribution >= 4 is 11.6 Å². The third kappa shape index (κ3) is 5.23. The highest BCUT2D eigenvalue weighted by molar-refractivity contribution is 6.39. The van der Waals surface area contributed by atoms with Crippen molar-refractivity contribution in [1.29, 1.82) is 0 Å². The largest absolute Gasteiger partial charge is 0.391 e. The van der Waals surface area contributed by atoms with E-state index in [0.29, 0.717) is 18.7 Å². The van der Waals surface area contributed by atoms with E-state index in [0.717, 1.165) is 44.7 Å². The molecule has 21 heavy (non-hydrogen) atoms. The first-order chi connectivity index (χ1) is 10.3. The molecule has 2 rings (SSSR count). The third-order valence-electron chi connectivity index (χ3n) is 3.48. The van der Waals surface area contributed by atoms with E-state index < -0.39 is 0 Å². The molecule has 0 aromatic heterocycles. The topological polar surface area (TPSA) is 74.8 Å². The molecule has 0 unspecified atom stereocenters. The van der Waals surface area contributed by atoms with Crippen LogP contribution in [0, 0.1) is 0 Å². The normalized spacial score (nSPS) is 17.3. The highest BCUT2D eigenvalue weighted by atomic mass is 16.6. The first kappa shape index (κ1) is 15.6. The van der Waals surface area contributed by atoms with Gasteiger partial charge >= 0.3 is 0 Å². The van der Waals surface area contributed by atoms with Crippen LogP contribution in [0.5, 0.6) is 0 Å². The predicted molar refractivity (Wildman–Crippen MR) is 82.7 cm³/mol. The Bertz CT molecular complexity index is 455. The minimum Gasteiger partial charge on any atom is -0.391 e. The van der Waals surface area contributed by atoms with Gasteiger partial charge in [-0.05, 0) is 31.7 Å². The van der Waals surface area contributed by atoms with Crippen LogP contribution in [-0.4, -0.2) is 37.8 Å². The number of carbonyl (C=O) groups excluding carboxylic acids is 1. The van der Waals surface area contributed by atoms with Crippen molar-refractivity contribution in [2.75, 3.05) is 26.2 Å². The summed E-state index contributed by atoms with van der Waals surface area (Å²) >= 11 is 0. The van der Waals surface area contributed by atoms with E-state index in [1.165, 1.54) is 5.57 Å². The molecule has 0 spiro atoms. The van der Waals surface area contributed by atoms with E-state index in [1.807, 2.05) is 12.3 Å². The van der Waals surface area contributed by atoms with Gasteiger partial charge in [-0.15, -0.1) is 0 Å². The fourth-order valence-corrected chi connectivity index (χ4v) is 2.23. The van der Waals surface area contributed by atoms with Gasteiger partial charge in [0.1, 0.15) is 11.5 Å². The zero-order valence-corrected chi connectivity index (χ0v) is 12.6. The van der Waals surface area contributed by atoms with E-state index in [2.05, 4.69) is 28.0 Å². The second-order valence-electron chi connectivity index (χ2n) is 5.12. The van der Waals surface area contributed by atoms with Crippen LogP contribution < -0.4 is 16.0 Å². The van der Waals surface area contributed by atoms with E-state index >= 15 is 0 Å². The number of nitrogens with zero attached hydrogens (tertiary/aromatic N) is 1. The molecule has 0 aromatic carbocycles. The van der Waals surface area contributed by atoms with Crippen molar-refractivity contribution in [2.24, 2.45) is 5.16 Å². The highest BCUT2D eigenvalue weighted by Gasteiger charge is 2.16. The number of carbonyl (C=O) groups is 1. The Morgan fingerprint density at radius 1 is 1.43 bits per heavy atom. The molecule has 0 radical (unpaired) electrons. The molecule has 0 fully saturated rings. The van der Waals surface area contributed by atoms with Gasteiger partial charge in [-0.3, -0.25) is 4.79 Å². The molecule has 116 valence electrons. The van der Waals surface area contributed by atoms with Crippen LogP contribution >= 0.6 is 0 Å². The summed E-state index contributed by atoms with van der Waals surface area (Å²) in [6, 6.07) is 0. The summed E-state index contributed by atoms with van der Waals surface area (Å²) in [6.07, 6.45) is 7.26. The highest BCUT2D eigenvalue weighted by Crippen LogP contribution is 2.12. The molecule has 2 aliphatic rings. The molecule has 0 aromatic rings. The molecule has 6 heteroatoms. The van der Waals surface area contributed by atoms with Crippen LogP contribution in [0.4, 0.5) is 0 Å². The van der Waals surface area contributed by atoms with Gasteiger partial charge in [0.05, 0.1) is 0 Å². The average molecular weight is 292 g/mol. The van der Waals surface area contributed by atoms with Gasteiger partial charge in [0.2, 0.25) is 0 Å². The molecule has 2 aliphatic heterocycles. The van der Waals surface area contributed by atoms with Gasteiger partial charge in [-0.1, -0.05) is 17.7 Å². The Kier molecular flexibility index (Phi) is 6.27. The molecular formula is C15H24N4O2. The average Bonchev–Trinajstić information content (AvgIpc) is 3.01. The molecule has 0 saturated carbocycles. The zero-order valence-electron chi connectivity index (χ0n) is 12.6. The third-order valence-corrected chi connectivity index (χ3v) is 3.48. The summed E-state index contributed by atoms with van der Waals surface area (Å²) in [4.78, 5) is 17.2. The van der Waals surface area contributed by atoms with Crippen LogP contribution in [0.15, 0.2) is 28.8 Å². The van der Waals surface area contributed by atoms with Gasteiger partial charge in [-0.25, -0.2) is 0 Å². The molecule has 0 aliphatic carbocycles. The van der Waals surface area contributed by atoms with Crippen LogP contribution in [0.1, 0.15) is 32.6 Å². The standard InChI is InChI=1S/C15H24N4O2/c1-2-16-9-7-13-3-4-14(19-21-13)15(20)18-10-6-12-5-8-17-11-12/h3,11,16-17H,2,4-10H2,1H3,(H,18,20). The minimum atomic E-state index is -0.136. The molecule has 0 bridgehead atoms. The number of rotatable bonds is 8. The summed E-state index contributed by atoms with van der Waals surface area (Å²) in [5.74, 6) is 0.693. The van der Waals surface area contributed by atoms with Crippen molar-refractivity contribution in [3.05, 3.63) is 23.6 Å². The molecular weight excluding hydrogens is 268 g/mol. The van der Waals surface area contributed by atoms with Crippen LogP contribution in [-0.2, 0) is 9.63 Å². The lowest BCUT2D eigenvalue weighted by Crippen LogP contribution is -2.32. The van der Waals surface area contributed by atoms with E-state index in [4.69, 9.17) is 4.84 Å². The molecule has 6 nitrogen and oxygen atoms in total. The van der Waals surface area contributed by atoms with Crippen molar-refractivity contribution in [3.63, 3.8) is 0 Å². The van der Waals surface area contributed by atoms with Gasteiger partial charge < -0.3 is 20.8 Å². The molecule has 0 saturated heterocycles. The van der Waals surface area contributed by atoms with E-state index in [1.54, 1.807) is 0 Å². The Hall–Kier alpha value is -1.82. The SMILES string of the molecule is CCNCCC1=CCC(C(=O)NCCC2=CNCC2)=NO1. The minimum absolute atomic E-state index is 0.136. The smallest absolute Gasteiger partial charge is 0.269 e. The Balaban J connectivity index is 1.65. The summed E-state index contributed by atoms with van der Waals surface area (Å²) in [7, 11) is 0. The quantitative estimate of drug-likeness (QED) is 0.584. The molecule has 0 atom stereocenters. The number of nitrogens with one attached hydrogen (secondary N) is 3. The zero-order chi connectivity index (χ0) is 14.9. The first-order valence-corrected chi connectivity index (χ1v) is 7.62. The second kappa shape index (κ2) is 8.46. The first-order valence-electron chi connectivity index (χ1n) is 7.62. The lowest BCUT2D eigenvalue weighted by molar-refractivity contribution is -0.115. The van der Waals surface area contributed by atoms with Crippen LogP contribution in [0.2, 0.25) is 0 Å². The summed E-state index contributed by atoms with van der Waals surface area (Å²) in [5, 5.41) is 13.2. The predicted octanol–water partition coefficient (Wildman–Crippen LogP) is 1.03. The summed E-state index contributed by atoms with van der Waals surface area (Å²) in [6.45, 7) is 5.51. The molecule has 1 amide bonds. The maximum atomic E-state index is 11.9. The van der Waals surface area contributed by atoms with Crippen molar-refractivity contribution in [2.45, 2.75) is 32.6 Å². The lowest BCUT2D eigenvalue weighted by atomic mass is 10.1. The van der Waals surface area contributed by atoms with Crippen molar-refractivity contribution < 1.29 is 9.63 Å². The Morgan fingerprint density at radius 3 is 3.00 bits per heavy atom. The van der Waals surface area contributed by atoms with Gasteiger partial charge in [0.25, 0.3) is 5.91 Å². The number of allylic oxidation sites excluding steroid dienone is 1. The van der Waals surface area contributed by atoms with Crippen molar-refractivity contribution in [1.82, 2.24) is 16.0 Å². The maximum Gasteiger partial charge on any atom is 0.269 e. The van der Waals surface area contributed by atoms with Crippen LogP contribution in [0.3, 0.4) is 0 Å². The van der Waals surface area contributed by atoms with E-state index in [9.17, 15) is 4.79 Å². The van der Waals surface area contributed by atoms with E-state index in [-0.39, 0.29) is 5.91 Å². The Morgan fingerprint density at radius 2 is 2.33 bits per heavy atom. The number of hydrogen-bond acceptors (Lipinski definition) is 5. The molecule has 2 heterocycles.